The van der Waals surface area contributed by atoms with E-state index in [0.717, 1.165) is 10.5 Å². The summed E-state index contributed by atoms with van der Waals surface area (Å²) in [6.07, 6.45) is 0. The number of aryl methyl sites for hydroxylation is 1. The molecule has 0 aliphatic carbocycles. The molecule has 0 spiro atoms. The molecule has 0 amide bonds. The van der Waals surface area contributed by atoms with Crippen LogP contribution in [0.1, 0.15) is 5.56 Å². The Morgan fingerprint density at radius 3 is 2.56 bits per heavy atom. The van der Waals surface area contributed by atoms with Gasteiger partial charge < -0.3 is 4.74 Å². The molecule has 0 aromatic heterocycles. The van der Waals surface area contributed by atoms with Crippen LogP contribution in [0.2, 0.25) is 5.02 Å². The van der Waals surface area contributed by atoms with E-state index >= 15 is 0 Å². The highest BCUT2D eigenvalue weighted by atomic mass is 35.5. The molecule has 1 nitrogen and oxygen atoms in total. The molecule has 0 radical (unpaired) electrons. The molecule has 2 aromatic rings. The van der Waals surface area contributed by atoms with E-state index in [4.69, 9.17) is 28.6 Å². The Bertz CT molecular complexity index is 555. The number of thioether (sulfide) groups is 1. The molecule has 4 heteroatoms. The molecule has 2 rings (SSSR count). The smallest absolute Gasteiger partial charge is 0.230 e. The second-order valence-electron chi connectivity index (χ2n) is 3.70. The zero-order valence-electron chi connectivity index (χ0n) is 9.72. The average Bonchev–Trinajstić information content (AvgIpc) is 2.34. The maximum Gasteiger partial charge on any atom is 0.230 e. The van der Waals surface area contributed by atoms with Gasteiger partial charge in [0.1, 0.15) is 5.75 Å². The molecule has 0 aliphatic heterocycles. The Kier molecular flexibility index (Phi) is 4.64. The van der Waals surface area contributed by atoms with Gasteiger partial charge in [-0.05, 0) is 60.7 Å². The fourth-order valence-electron chi connectivity index (χ4n) is 1.38. The number of thiocarbonyl (C=S) groups is 1. The lowest BCUT2D eigenvalue weighted by atomic mass is 10.2. The molecule has 0 unspecified atom stereocenters. The lowest BCUT2D eigenvalue weighted by molar-refractivity contribution is 0.579. The van der Waals surface area contributed by atoms with Gasteiger partial charge in [0.05, 0.1) is 5.02 Å². The van der Waals surface area contributed by atoms with Gasteiger partial charge in [-0.3, -0.25) is 0 Å². The van der Waals surface area contributed by atoms with Gasteiger partial charge in [0.25, 0.3) is 0 Å². The van der Waals surface area contributed by atoms with Crippen LogP contribution in [0.3, 0.4) is 0 Å². The van der Waals surface area contributed by atoms with E-state index in [1.807, 2.05) is 55.5 Å². The van der Waals surface area contributed by atoms with Crippen LogP contribution in [0.4, 0.5) is 0 Å². The molecule has 0 atom stereocenters. The van der Waals surface area contributed by atoms with Gasteiger partial charge in [-0.2, -0.15) is 0 Å². The Balaban J connectivity index is 2.03. The zero-order chi connectivity index (χ0) is 13.0. The number of halogens is 1. The van der Waals surface area contributed by atoms with E-state index in [-0.39, 0.29) is 0 Å². The summed E-state index contributed by atoms with van der Waals surface area (Å²) in [5, 5.41) is 0.575. The molecule has 0 saturated heterocycles. The van der Waals surface area contributed by atoms with Gasteiger partial charge in [0.2, 0.25) is 4.38 Å². The van der Waals surface area contributed by atoms with Crippen molar-refractivity contribution < 1.29 is 4.74 Å². The summed E-state index contributed by atoms with van der Waals surface area (Å²) < 4.78 is 6.00. The van der Waals surface area contributed by atoms with E-state index in [2.05, 4.69) is 0 Å². The SMILES string of the molecule is Cc1ccc(OC(=S)Sc2ccccc2)c(Cl)c1. The van der Waals surface area contributed by atoms with Crippen LogP contribution < -0.4 is 4.74 Å². The number of hydrogen-bond donors (Lipinski definition) is 0. The lowest BCUT2D eigenvalue weighted by Crippen LogP contribution is -2.00. The fourth-order valence-corrected chi connectivity index (χ4v) is 2.65. The number of rotatable bonds is 2. The normalized spacial score (nSPS) is 10.1. The molecule has 0 bridgehead atoms. The van der Waals surface area contributed by atoms with Crippen LogP contribution in [-0.2, 0) is 0 Å². The average molecular weight is 295 g/mol. The maximum absolute atomic E-state index is 6.08. The summed E-state index contributed by atoms with van der Waals surface area (Å²) in [7, 11) is 0. The zero-order valence-corrected chi connectivity index (χ0v) is 12.1. The Morgan fingerprint density at radius 2 is 1.89 bits per heavy atom. The van der Waals surface area contributed by atoms with E-state index in [1.54, 1.807) is 0 Å². The first kappa shape index (κ1) is 13.4. The van der Waals surface area contributed by atoms with Gasteiger partial charge in [0.15, 0.2) is 0 Å². The highest BCUT2D eigenvalue weighted by molar-refractivity contribution is 8.22. The minimum Gasteiger partial charge on any atom is -0.438 e. The standard InChI is InChI=1S/C14H11ClOS2/c1-10-7-8-13(12(15)9-10)16-14(17)18-11-5-3-2-4-6-11/h2-9H,1H3. The minimum atomic E-state index is 0.437. The molecule has 2 aromatic carbocycles. The Morgan fingerprint density at radius 1 is 1.17 bits per heavy atom. The van der Waals surface area contributed by atoms with Crippen LogP contribution in [0.25, 0.3) is 0 Å². The largest absolute Gasteiger partial charge is 0.438 e. The topological polar surface area (TPSA) is 9.23 Å². The summed E-state index contributed by atoms with van der Waals surface area (Å²) >= 11 is 12.7. The first-order chi connectivity index (χ1) is 8.65. The van der Waals surface area contributed by atoms with Gasteiger partial charge in [-0.25, -0.2) is 0 Å². The minimum absolute atomic E-state index is 0.437. The first-order valence-electron chi connectivity index (χ1n) is 5.36. The van der Waals surface area contributed by atoms with Crippen LogP contribution in [-0.4, -0.2) is 4.38 Å². The van der Waals surface area contributed by atoms with Crippen molar-refractivity contribution in [3.63, 3.8) is 0 Å². The van der Waals surface area contributed by atoms with Crippen molar-refractivity contribution in [2.45, 2.75) is 11.8 Å². The molecular weight excluding hydrogens is 284 g/mol. The molecule has 92 valence electrons. The predicted molar refractivity (Wildman–Crippen MR) is 81.7 cm³/mol. The monoisotopic (exact) mass is 294 g/mol. The third-order valence-corrected chi connectivity index (χ3v) is 3.61. The quantitative estimate of drug-likeness (QED) is 0.563. The molecule has 0 aliphatic rings. The number of benzene rings is 2. The third kappa shape index (κ3) is 3.73. The van der Waals surface area contributed by atoms with Crippen LogP contribution >= 0.6 is 35.6 Å². The van der Waals surface area contributed by atoms with Crippen molar-refractivity contribution in [2.24, 2.45) is 0 Å². The van der Waals surface area contributed by atoms with Gasteiger partial charge in [-0.15, -0.1) is 0 Å². The van der Waals surface area contributed by atoms with Gasteiger partial charge in [0, 0.05) is 4.90 Å². The van der Waals surface area contributed by atoms with Crippen molar-refractivity contribution in [1.82, 2.24) is 0 Å². The summed E-state index contributed by atoms with van der Waals surface area (Å²) in [4.78, 5) is 1.05. The summed E-state index contributed by atoms with van der Waals surface area (Å²) in [6, 6.07) is 15.5. The number of hydrogen-bond acceptors (Lipinski definition) is 3. The van der Waals surface area contributed by atoms with Gasteiger partial charge >= 0.3 is 0 Å². The second-order valence-corrected chi connectivity index (χ2v) is 5.78. The van der Waals surface area contributed by atoms with Crippen molar-refractivity contribution >= 4 is 40.0 Å². The molecule has 0 saturated carbocycles. The second kappa shape index (κ2) is 6.23. The van der Waals surface area contributed by atoms with E-state index in [9.17, 15) is 0 Å². The fraction of sp³-hybridized carbons (Fsp3) is 0.0714. The van der Waals surface area contributed by atoms with Crippen molar-refractivity contribution in [3.8, 4) is 5.75 Å². The van der Waals surface area contributed by atoms with Crippen molar-refractivity contribution in [2.75, 3.05) is 0 Å². The summed E-state index contributed by atoms with van der Waals surface area (Å²) in [5.41, 5.74) is 1.09. The van der Waals surface area contributed by atoms with Crippen LogP contribution in [0.5, 0.6) is 5.75 Å². The molecule has 0 fully saturated rings. The van der Waals surface area contributed by atoms with Gasteiger partial charge in [-0.1, -0.05) is 35.9 Å². The first-order valence-corrected chi connectivity index (χ1v) is 6.96. The van der Waals surface area contributed by atoms with Crippen molar-refractivity contribution in [1.29, 1.82) is 0 Å². The highest BCUT2D eigenvalue weighted by Crippen LogP contribution is 2.28. The Hall–Kier alpha value is -1.03. The third-order valence-electron chi connectivity index (χ3n) is 2.23. The summed E-state index contributed by atoms with van der Waals surface area (Å²) in [5.74, 6) is 0.593. The molecular formula is C14H11ClOS2. The van der Waals surface area contributed by atoms with Crippen molar-refractivity contribution in [3.05, 3.63) is 59.1 Å². The maximum atomic E-state index is 6.08. The molecule has 0 N–H and O–H groups in total. The van der Waals surface area contributed by atoms with Crippen LogP contribution in [0.15, 0.2) is 53.4 Å². The van der Waals surface area contributed by atoms with E-state index < -0.39 is 0 Å². The van der Waals surface area contributed by atoms with E-state index in [1.165, 1.54) is 11.8 Å². The molecule has 0 heterocycles. The predicted octanol–water partition coefficient (Wildman–Crippen LogP) is 5.10. The van der Waals surface area contributed by atoms with Crippen LogP contribution in [0, 0.1) is 6.92 Å². The Labute approximate surface area is 121 Å². The van der Waals surface area contributed by atoms with E-state index in [0.29, 0.717) is 15.2 Å². The molecule has 18 heavy (non-hydrogen) atoms. The number of ether oxygens (including phenoxy) is 1. The summed E-state index contributed by atoms with van der Waals surface area (Å²) in [6.45, 7) is 1.98. The highest BCUT2D eigenvalue weighted by Gasteiger charge is 2.06. The lowest BCUT2D eigenvalue weighted by Gasteiger charge is -2.08.